The number of carbonyl (C=O) groups excluding carboxylic acids is 1. The summed E-state index contributed by atoms with van der Waals surface area (Å²) >= 11 is 0. The fraction of sp³-hybridized carbons (Fsp3) is 0.286. The molecular formula is C28H30N2O5. The quantitative estimate of drug-likeness (QED) is 0.315. The Kier molecular flexibility index (Phi) is 7.80. The molecular weight excluding hydrogens is 444 g/mol. The molecule has 0 spiro atoms. The van der Waals surface area contributed by atoms with E-state index in [1.807, 2.05) is 67.6 Å². The SMILES string of the molecule is COCC(C)OC(=O)Cc1ccccc1OCc1cc(-c2cccc(C(C)N)n2)c2occc2c1. The average molecular weight is 475 g/mol. The largest absolute Gasteiger partial charge is 0.489 e. The van der Waals surface area contributed by atoms with Gasteiger partial charge in [0.1, 0.15) is 24.0 Å². The molecule has 182 valence electrons. The Hall–Kier alpha value is -3.68. The van der Waals surface area contributed by atoms with Crippen LogP contribution in [0.25, 0.3) is 22.2 Å². The Bertz CT molecular complexity index is 1300. The number of aromatic nitrogens is 1. The number of methoxy groups -OCH3 is 1. The number of para-hydroxylation sites is 1. The lowest BCUT2D eigenvalue weighted by Crippen LogP contribution is -2.21. The molecule has 0 radical (unpaired) electrons. The van der Waals surface area contributed by atoms with Gasteiger partial charge in [0.15, 0.2) is 0 Å². The van der Waals surface area contributed by atoms with Crippen LogP contribution in [-0.4, -0.2) is 30.8 Å². The summed E-state index contributed by atoms with van der Waals surface area (Å²) in [6, 6.07) is 19.1. The third kappa shape index (κ3) is 6.07. The summed E-state index contributed by atoms with van der Waals surface area (Å²) in [5.41, 5.74) is 11.0. The van der Waals surface area contributed by atoms with Crippen LogP contribution < -0.4 is 10.5 Å². The van der Waals surface area contributed by atoms with E-state index in [0.717, 1.165) is 39.0 Å². The first-order valence-corrected chi connectivity index (χ1v) is 11.6. The molecule has 0 saturated heterocycles. The highest BCUT2D eigenvalue weighted by molar-refractivity contribution is 5.92. The monoisotopic (exact) mass is 474 g/mol. The van der Waals surface area contributed by atoms with Crippen molar-refractivity contribution in [3.8, 4) is 17.0 Å². The minimum atomic E-state index is -0.326. The summed E-state index contributed by atoms with van der Waals surface area (Å²) < 4.78 is 22.3. The molecule has 0 amide bonds. The molecule has 0 bridgehead atoms. The van der Waals surface area contributed by atoms with Crippen LogP contribution in [0.5, 0.6) is 5.75 Å². The molecule has 2 N–H and O–H groups in total. The van der Waals surface area contributed by atoms with Gasteiger partial charge in [-0.3, -0.25) is 9.78 Å². The minimum absolute atomic E-state index is 0.115. The van der Waals surface area contributed by atoms with E-state index in [1.165, 1.54) is 0 Å². The van der Waals surface area contributed by atoms with Crippen LogP contribution in [0.1, 0.15) is 36.7 Å². The average Bonchev–Trinajstić information content (AvgIpc) is 3.32. The molecule has 4 aromatic rings. The van der Waals surface area contributed by atoms with E-state index in [-0.39, 0.29) is 24.5 Å². The van der Waals surface area contributed by atoms with Gasteiger partial charge in [-0.25, -0.2) is 0 Å². The van der Waals surface area contributed by atoms with Crippen molar-refractivity contribution in [1.29, 1.82) is 0 Å². The number of nitrogens with zero attached hydrogens (tertiary/aromatic N) is 1. The van der Waals surface area contributed by atoms with Crippen LogP contribution in [0.3, 0.4) is 0 Å². The van der Waals surface area contributed by atoms with Gasteiger partial charge in [0.25, 0.3) is 0 Å². The molecule has 7 heteroatoms. The van der Waals surface area contributed by atoms with Gasteiger partial charge < -0.3 is 24.4 Å². The maximum Gasteiger partial charge on any atom is 0.310 e. The van der Waals surface area contributed by atoms with Crippen molar-refractivity contribution in [3.05, 3.63) is 83.7 Å². The lowest BCUT2D eigenvalue weighted by atomic mass is 10.0. The molecule has 0 aliphatic rings. The molecule has 0 fully saturated rings. The van der Waals surface area contributed by atoms with Crippen molar-refractivity contribution in [1.82, 2.24) is 4.98 Å². The number of furan rings is 1. The Morgan fingerprint density at radius 3 is 2.71 bits per heavy atom. The van der Waals surface area contributed by atoms with Crippen LogP contribution in [0.4, 0.5) is 0 Å². The fourth-order valence-electron chi connectivity index (χ4n) is 3.91. The van der Waals surface area contributed by atoms with Gasteiger partial charge >= 0.3 is 5.97 Å². The van der Waals surface area contributed by atoms with Gasteiger partial charge in [-0.15, -0.1) is 0 Å². The third-order valence-corrected chi connectivity index (χ3v) is 5.56. The van der Waals surface area contributed by atoms with E-state index in [9.17, 15) is 4.79 Å². The van der Waals surface area contributed by atoms with Gasteiger partial charge in [-0.2, -0.15) is 0 Å². The molecule has 0 aliphatic carbocycles. The molecule has 2 aromatic carbocycles. The molecule has 35 heavy (non-hydrogen) atoms. The summed E-state index contributed by atoms with van der Waals surface area (Å²) in [7, 11) is 1.57. The number of hydrogen-bond acceptors (Lipinski definition) is 7. The highest BCUT2D eigenvalue weighted by Crippen LogP contribution is 2.31. The zero-order valence-electron chi connectivity index (χ0n) is 20.2. The molecule has 2 heterocycles. The van der Waals surface area contributed by atoms with Gasteiger partial charge in [0.05, 0.1) is 30.7 Å². The molecule has 0 saturated carbocycles. The zero-order valence-corrected chi connectivity index (χ0v) is 20.2. The number of fused-ring (bicyclic) bond motifs is 1. The summed E-state index contributed by atoms with van der Waals surface area (Å²) in [6.07, 6.45) is 1.47. The smallest absolute Gasteiger partial charge is 0.310 e. The van der Waals surface area contributed by atoms with Gasteiger partial charge in [-0.05, 0) is 55.8 Å². The van der Waals surface area contributed by atoms with Gasteiger partial charge in [0, 0.05) is 29.7 Å². The van der Waals surface area contributed by atoms with Crippen molar-refractivity contribution in [2.75, 3.05) is 13.7 Å². The van der Waals surface area contributed by atoms with Crippen molar-refractivity contribution in [3.63, 3.8) is 0 Å². The molecule has 2 aromatic heterocycles. The maximum atomic E-state index is 12.4. The number of rotatable bonds is 10. The van der Waals surface area contributed by atoms with Gasteiger partial charge in [-0.1, -0.05) is 24.3 Å². The number of ether oxygens (including phenoxy) is 3. The second-order valence-corrected chi connectivity index (χ2v) is 8.55. The van der Waals surface area contributed by atoms with Crippen LogP contribution in [0.2, 0.25) is 0 Å². The van der Waals surface area contributed by atoms with Crippen molar-refractivity contribution >= 4 is 16.9 Å². The highest BCUT2D eigenvalue weighted by atomic mass is 16.6. The van der Waals surface area contributed by atoms with Crippen LogP contribution in [0.15, 0.2) is 71.3 Å². The second-order valence-electron chi connectivity index (χ2n) is 8.55. The van der Waals surface area contributed by atoms with Crippen molar-refractivity contribution < 1.29 is 23.4 Å². The number of esters is 1. The molecule has 0 aliphatic heterocycles. The first-order valence-electron chi connectivity index (χ1n) is 11.6. The van der Waals surface area contributed by atoms with Crippen molar-refractivity contribution in [2.24, 2.45) is 5.73 Å². The number of carbonyl (C=O) groups is 1. The van der Waals surface area contributed by atoms with E-state index in [4.69, 9.17) is 29.3 Å². The Morgan fingerprint density at radius 2 is 1.91 bits per heavy atom. The first-order chi connectivity index (χ1) is 16.9. The topological polar surface area (TPSA) is 96.8 Å². The summed E-state index contributed by atoms with van der Waals surface area (Å²) in [5, 5.41) is 0.957. The number of pyridine rings is 1. The normalized spacial score (nSPS) is 12.9. The van der Waals surface area contributed by atoms with E-state index < -0.39 is 0 Å². The van der Waals surface area contributed by atoms with Gasteiger partial charge in [0.2, 0.25) is 0 Å². The Labute approximate surface area is 204 Å². The number of hydrogen-bond donors (Lipinski definition) is 1. The van der Waals surface area contributed by atoms with Crippen molar-refractivity contribution in [2.45, 2.75) is 39.0 Å². The van der Waals surface area contributed by atoms with E-state index in [0.29, 0.717) is 19.0 Å². The van der Waals surface area contributed by atoms with Crippen LogP contribution in [-0.2, 0) is 27.3 Å². The number of nitrogens with two attached hydrogens (primary N) is 1. The predicted molar refractivity (Wildman–Crippen MR) is 134 cm³/mol. The van der Waals surface area contributed by atoms with Crippen LogP contribution in [0, 0.1) is 0 Å². The van der Waals surface area contributed by atoms with E-state index in [1.54, 1.807) is 20.3 Å². The first kappa shape index (κ1) is 24.4. The zero-order chi connectivity index (χ0) is 24.8. The predicted octanol–water partition coefficient (Wildman–Crippen LogP) is 5.21. The fourth-order valence-corrected chi connectivity index (χ4v) is 3.91. The van der Waals surface area contributed by atoms with E-state index in [2.05, 4.69) is 0 Å². The maximum absolute atomic E-state index is 12.4. The van der Waals surface area contributed by atoms with E-state index >= 15 is 0 Å². The molecule has 7 nitrogen and oxygen atoms in total. The molecule has 4 rings (SSSR count). The lowest BCUT2D eigenvalue weighted by Gasteiger charge is -2.15. The third-order valence-electron chi connectivity index (χ3n) is 5.56. The summed E-state index contributed by atoms with van der Waals surface area (Å²) in [4.78, 5) is 17.1. The standard InChI is InChI=1S/C28H30N2O5/c1-18(16-32-3)35-27(31)15-21-7-4-5-10-26(21)34-17-20-13-22-11-12-33-28(22)23(14-20)25-9-6-8-24(30-25)19(2)29/h4-14,18-19H,15-17,29H2,1-3H3. The second kappa shape index (κ2) is 11.2. The molecule has 2 unspecified atom stereocenters. The van der Waals surface area contributed by atoms with Crippen LogP contribution >= 0.6 is 0 Å². The number of benzene rings is 2. The minimum Gasteiger partial charge on any atom is -0.489 e. The Balaban J connectivity index is 1.55. The molecule has 2 atom stereocenters. The summed E-state index contributed by atoms with van der Waals surface area (Å²) in [5.74, 6) is 0.308. The lowest BCUT2D eigenvalue weighted by molar-refractivity contribution is -0.149. The Morgan fingerprint density at radius 1 is 1.09 bits per heavy atom. The summed E-state index contributed by atoms with van der Waals surface area (Å²) in [6.45, 7) is 4.37. The highest BCUT2D eigenvalue weighted by Gasteiger charge is 2.15.